The lowest BCUT2D eigenvalue weighted by atomic mass is 9.90. The van der Waals surface area contributed by atoms with Gasteiger partial charge in [0.2, 0.25) is 5.91 Å². The second-order valence-electron chi connectivity index (χ2n) is 5.93. The summed E-state index contributed by atoms with van der Waals surface area (Å²) in [5.74, 6) is -0.890. The summed E-state index contributed by atoms with van der Waals surface area (Å²) in [6, 6.07) is 7.77. The molecule has 1 aliphatic rings. The van der Waals surface area contributed by atoms with Crippen molar-refractivity contribution in [2.75, 3.05) is 25.0 Å². The minimum atomic E-state index is -0.791. The van der Waals surface area contributed by atoms with Gasteiger partial charge in [0, 0.05) is 12.2 Å². The van der Waals surface area contributed by atoms with Gasteiger partial charge in [0.25, 0.3) is 0 Å². The molecule has 1 heterocycles. The first-order chi connectivity index (χ1) is 9.93. The first-order valence-corrected chi connectivity index (χ1v) is 7.27. The maximum absolute atomic E-state index is 12.0. The van der Waals surface area contributed by atoms with Gasteiger partial charge in [-0.1, -0.05) is 19.1 Å². The molecule has 0 saturated carbocycles. The quantitative estimate of drug-likeness (QED) is 0.870. The molecule has 1 fully saturated rings. The fraction of sp³-hybridized carbons (Fsp3) is 0.500. The lowest BCUT2D eigenvalue weighted by Gasteiger charge is -2.19. The second-order valence-corrected chi connectivity index (χ2v) is 5.93. The van der Waals surface area contributed by atoms with Crippen LogP contribution in [0, 0.1) is 5.41 Å². The summed E-state index contributed by atoms with van der Waals surface area (Å²) in [4.78, 5) is 25.1. The number of carboxylic acid groups (broad SMARTS) is 1. The van der Waals surface area contributed by atoms with E-state index in [2.05, 4.69) is 12.2 Å². The fourth-order valence-corrected chi connectivity index (χ4v) is 2.64. The highest BCUT2D eigenvalue weighted by Crippen LogP contribution is 2.29. The molecule has 1 unspecified atom stereocenters. The molecular weight excluding hydrogens is 268 g/mol. The third-order valence-electron chi connectivity index (χ3n) is 4.05. The number of rotatable bonds is 5. The Kier molecular flexibility index (Phi) is 4.63. The van der Waals surface area contributed by atoms with Crippen molar-refractivity contribution >= 4 is 17.6 Å². The average Bonchev–Trinajstić information content (AvgIpc) is 2.81. The van der Waals surface area contributed by atoms with E-state index in [4.69, 9.17) is 0 Å². The highest BCUT2D eigenvalue weighted by molar-refractivity contribution is 5.92. The summed E-state index contributed by atoms with van der Waals surface area (Å²) in [7, 11) is 0. The average molecular weight is 290 g/mol. The van der Waals surface area contributed by atoms with Gasteiger partial charge in [-0.15, -0.1) is 0 Å². The third-order valence-corrected chi connectivity index (χ3v) is 4.05. The Hall–Kier alpha value is -1.88. The maximum atomic E-state index is 12.0. The monoisotopic (exact) mass is 290 g/mol. The van der Waals surface area contributed by atoms with Crippen LogP contribution < -0.4 is 5.32 Å². The van der Waals surface area contributed by atoms with Gasteiger partial charge in [-0.25, -0.2) is 0 Å². The van der Waals surface area contributed by atoms with Crippen LogP contribution in [-0.2, 0) is 16.0 Å². The zero-order valence-corrected chi connectivity index (χ0v) is 12.6. The number of carboxylic acids is 1. The molecule has 0 aromatic heterocycles. The van der Waals surface area contributed by atoms with Gasteiger partial charge >= 0.3 is 5.97 Å². The summed E-state index contributed by atoms with van der Waals surface area (Å²) in [5, 5.41) is 12.1. The van der Waals surface area contributed by atoms with Crippen LogP contribution >= 0.6 is 0 Å². The predicted octanol–water partition coefficient (Wildman–Crippen LogP) is 1.98. The van der Waals surface area contributed by atoms with Gasteiger partial charge in [-0.3, -0.25) is 14.5 Å². The van der Waals surface area contributed by atoms with E-state index in [0.29, 0.717) is 19.5 Å². The van der Waals surface area contributed by atoms with Crippen LogP contribution in [0.25, 0.3) is 0 Å². The molecule has 2 rings (SSSR count). The molecule has 1 aliphatic heterocycles. The molecule has 1 atom stereocenters. The van der Waals surface area contributed by atoms with Gasteiger partial charge < -0.3 is 10.4 Å². The van der Waals surface area contributed by atoms with E-state index in [1.807, 2.05) is 29.2 Å². The summed E-state index contributed by atoms with van der Waals surface area (Å²) < 4.78 is 0. The Bertz CT molecular complexity index is 544. The Morgan fingerprint density at radius 1 is 1.43 bits per heavy atom. The molecule has 1 aromatic rings. The summed E-state index contributed by atoms with van der Waals surface area (Å²) in [6.45, 7) is 5.10. The number of likely N-dealkylation sites (tertiary alicyclic amines) is 1. The molecule has 21 heavy (non-hydrogen) atoms. The molecule has 1 saturated heterocycles. The van der Waals surface area contributed by atoms with Gasteiger partial charge in [-0.2, -0.15) is 0 Å². The van der Waals surface area contributed by atoms with E-state index in [1.165, 1.54) is 5.56 Å². The topological polar surface area (TPSA) is 69.6 Å². The SMILES string of the molecule is CCc1cccc(NC(=O)CN2CCC(C)(C(=O)O)C2)c1. The molecule has 0 radical (unpaired) electrons. The lowest BCUT2D eigenvalue weighted by molar-refractivity contribution is -0.147. The summed E-state index contributed by atoms with van der Waals surface area (Å²) in [5.41, 5.74) is 1.23. The van der Waals surface area contributed by atoms with Crippen molar-refractivity contribution in [3.63, 3.8) is 0 Å². The molecule has 0 bridgehead atoms. The number of hydrogen-bond donors (Lipinski definition) is 2. The van der Waals surface area contributed by atoms with Crippen molar-refractivity contribution in [1.29, 1.82) is 0 Å². The molecule has 0 aliphatic carbocycles. The first-order valence-electron chi connectivity index (χ1n) is 7.27. The van der Waals surface area contributed by atoms with E-state index in [0.717, 1.165) is 12.1 Å². The maximum Gasteiger partial charge on any atom is 0.310 e. The number of carbonyl (C=O) groups excluding carboxylic acids is 1. The first kappa shape index (κ1) is 15.5. The molecule has 2 N–H and O–H groups in total. The van der Waals surface area contributed by atoms with E-state index in [1.54, 1.807) is 6.92 Å². The number of aliphatic carboxylic acids is 1. The molecule has 1 aromatic carbocycles. The third kappa shape index (κ3) is 3.82. The van der Waals surface area contributed by atoms with Crippen LogP contribution in [0.2, 0.25) is 0 Å². The predicted molar refractivity (Wildman–Crippen MR) is 81.2 cm³/mol. The molecule has 114 valence electrons. The Balaban J connectivity index is 1.89. The molecular formula is C16H22N2O3. The van der Waals surface area contributed by atoms with Gasteiger partial charge in [0.15, 0.2) is 0 Å². The largest absolute Gasteiger partial charge is 0.481 e. The number of aryl methyl sites for hydroxylation is 1. The van der Waals surface area contributed by atoms with Crippen LogP contribution in [0.15, 0.2) is 24.3 Å². The minimum absolute atomic E-state index is 0.0992. The van der Waals surface area contributed by atoms with Crippen molar-refractivity contribution < 1.29 is 14.7 Å². The van der Waals surface area contributed by atoms with Crippen molar-refractivity contribution in [2.45, 2.75) is 26.7 Å². The van der Waals surface area contributed by atoms with Gasteiger partial charge in [0.1, 0.15) is 0 Å². The number of hydrogen-bond acceptors (Lipinski definition) is 3. The van der Waals surface area contributed by atoms with Crippen LogP contribution in [0.3, 0.4) is 0 Å². The minimum Gasteiger partial charge on any atom is -0.481 e. The van der Waals surface area contributed by atoms with Crippen molar-refractivity contribution in [3.8, 4) is 0 Å². The number of nitrogens with zero attached hydrogens (tertiary/aromatic N) is 1. The van der Waals surface area contributed by atoms with Crippen molar-refractivity contribution in [2.24, 2.45) is 5.41 Å². The van der Waals surface area contributed by atoms with E-state index in [9.17, 15) is 14.7 Å². The fourth-order valence-electron chi connectivity index (χ4n) is 2.64. The zero-order valence-electron chi connectivity index (χ0n) is 12.6. The summed E-state index contributed by atoms with van der Waals surface area (Å²) in [6.07, 6.45) is 1.51. The van der Waals surface area contributed by atoms with E-state index >= 15 is 0 Å². The molecule has 1 amide bonds. The summed E-state index contributed by atoms with van der Waals surface area (Å²) >= 11 is 0. The number of anilines is 1. The van der Waals surface area contributed by atoms with E-state index < -0.39 is 11.4 Å². The number of benzene rings is 1. The van der Waals surface area contributed by atoms with Gasteiger partial charge in [-0.05, 0) is 44.0 Å². The smallest absolute Gasteiger partial charge is 0.310 e. The highest BCUT2D eigenvalue weighted by atomic mass is 16.4. The van der Waals surface area contributed by atoms with Crippen molar-refractivity contribution in [3.05, 3.63) is 29.8 Å². The van der Waals surface area contributed by atoms with Crippen LogP contribution in [-0.4, -0.2) is 41.5 Å². The van der Waals surface area contributed by atoms with Crippen LogP contribution in [0.4, 0.5) is 5.69 Å². The normalized spacial score (nSPS) is 22.2. The molecule has 5 nitrogen and oxygen atoms in total. The second kappa shape index (κ2) is 6.26. The molecule has 5 heteroatoms. The highest BCUT2D eigenvalue weighted by Gasteiger charge is 2.40. The zero-order chi connectivity index (χ0) is 15.5. The number of amides is 1. The number of carbonyl (C=O) groups is 2. The van der Waals surface area contributed by atoms with E-state index in [-0.39, 0.29) is 12.5 Å². The Morgan fingerprint density at radius 2 is 2.19 bits per heavy atom. The number of nitrogens with one attached hydrogen (secondary N) is 1. The van der Waals surface area contributed by atoms with Gasteiger partial charge in [0.05, 0.1) is 12.0 Å². The van der Waals surface area contributed by atoms with Crippen LogP contribution in [0.1, 0.15) is 25.8 Å². The lowest BCUT2D eigenvalue weighted by Crippen LogP contribution is -2.35. The van der Waals surface area contributed by atoms with Crippen LogP contribution in [0.5, 0.6) is 0 Å². The molecule has 0 spiro atoms. The standard InChI is InChI=1S/C16H22N2O3/c1-3-12-5-4-6-13(9-12)17-14(19)10-18-8-7-16(2,11-18)15(20)21/h4-6,9H,3,7-8,10-11H2,1-2H3,(H,17,19)(H,20,21). The van der Waals surface area contributed by atoms with Crippen molar-refractivity contribution in [1.82, 2.24) is 4.90 Å². The Labute approximate surface area is 125 Å². The Morgan fingerprint density at radius 3 is 2.81 bits per heavy atom.